The van der Waals surface area contributed by atoms with E-state index in [9.17, 15) is 0 Å². The summed E-state index contributed by atoms with van der Waals surface area (Å²) in [6.07, 6.45) is 3.72. The molecule has 1 rings (SSSR count). The van der Waals surface area contributed by atoms with Crippen molar-refractivity contribution in [3.8, 4) is 0 Å². The summed E-state index contributed by atoms with van der Waals surface area (Å²) in [5.41, 5.74) is 1.18. The second-order valence-electron chi connectivity index (χ2n) is 3.85. The molecule has 0 bridgehead atoms. The van der Waals surface area contributed by atoms with Crippen LogP contribution in [0.4, 0.5) is 5.82 Å². The fourth-order valence-electron chi connectivity index (χ4n) is 1.33. The van der Waals surface area contributed by atoms with E-state index in [-0.39, 0.29) is 0 Å². The Kier molecular flexibility index (Phi) is 7.06. The minimum atomic E-state index is 0.999. The molecule has 0 amide bonds. The normalized spacial score (nSPS) is 10.4. The van der Waals surface area contributed by atoms with E-state index in [1.165, 1.54) is 24.3 Å². The van der Waals surface area contributed by atoms with E-state index in [2.05, 4.69) is 36.3 Å². The third-order valence-corrected chi connectivity index (χ3v) is 3.33. The number of hydrogen-bond donors (Lipinski definition) is 1. The summed E-state index contributed by atoms with van der Waals surface area (Å²) in [4.78, 5) is 4.58. The molecule has 0 atom stereocenters. The zero-order valence-corrected chi connectivity index (χ0v) is 11.1. The summed E-state index contributed by atoms with van der Waals surface area (Å²) in [5.74, 6) is 3.28. The lowest BCUT2D eigenvalue weighted by molar-refractivity contribution is 0.895. The number of pyridine rings is 1. The molecule has 1 aromatic heterocycles. The van der Waals surface area contributed by atoms with Gasteiger partial charge in [-0.05, 0) is 30.7 Å². The van der Waals surface area contributed by atoms with Gasteiger partial charge in [0.2, 0.25) is 0 Å². The molecule has 0 spiro atoms. The van der Waals surface area contributed by atoms with Crippen molar-refractivity contribution >= 4 is 17.6 Å². The van der Waals surface area contributed by atoms with Crippen LogP contribution < -0.4 is 5.32 Å². The molecular weight excluding hydrogens is 216 g/mol. The summed E-state index contributed by atoms with van der Waals surface area (Å²) < 4.78 is 0. The molecule has 1 N–H and O–H groups in total. The highest BCUT2D eigenvalue weighted by molar-refractivity contribution is 7.98. The van der Waals surface area contributed by atoms with Crippen molar-refractivity contribution in [2.75, 3.05) is 17.6 Å². The highest BCUT2D eigenvalue weighted by Gasteiger charge is 1.97. The molecule has 0 unspecified atom stereocenters. The molecular formula is C13H22N2S. The van der Waals surface area contributed by atoms with Gasteiger partial charge >= 0.3 is 0 Å². The Morgan fingerprint density at radius 1 is 1.25 bits per heavy atom. The van der Waals surface area contributed by atoms with Crippen molar-refractivity contribution in [3.63, 3.8) is 0 Å². The number of thioether (sulfide) groups is 1. The Hall–Kier alpha value is -0.700. The monoisotopic (exact) mass is 238 g/mol. The van der Waals surface area contributed by atoms with Crippen LogP contribution in [0.3, 0.4) is 0 Å². The van der Waals surface area contributed by atoms with Crippen LogP contribution in [-0.4, -0.2) is 17.3 Å². The molecule has 0 saturated carbocycles. The average molecular weight is 238 g/mol. The average Bonchev–Trinajstić information content (AvgIpc) is 2.33. The molecule has 1 heterocycles. The molecule has 3 heteroatoms. The highest BCUT2D eigenvalue weighted by Crippen LogP contribution is 2.14. The van der Waals surface area contributed by atoms with Crippen LogP contribution >= 0.6 is 11.8 Å². The van der Waals surface area contributed by atoms with Crippen LogP contribution in [0.15, 0.2) is 18.2 Å². The smallest absolute Gasteiger partial charge is 0.126 e. The van der Waals surface area contributed by atoms with E-state index in [0.717, 1.165) is 24.5 Å². The van der Waals surface area contributed by atoms with Crippen molar-refractivity contribution in [1.29, 1.82) is 0 Å². The van der Waals surface area contributed by atoms with Gasteiger partial charge < -0.3 is 5.32 Å². The molecule has 0 aliphatic carbocycles. The quantitative estimate of drug-likeness (QED) is 0.694. The lowest BCUT2D eigenvalue weighted by Crippen LogP contribution is -2.02. The molecule has 0 aliphatic rings. The molecule has 0 radical (unpaired) electrons. The Morgan fingerprint density at radius 3 is 2.88 bits per heavy atom. The zero-order valence-electron chi connectivity index (χ0n) is 10.3. The predicted molar refractivity (Wildman–Crippen MR) is 74.1 cm³/mol. The van der Waals surface area contributed by atoms with Crippen LogP contribution in [0.5, 0.6) is 0 Å². The van der Waals surface area contributed by atoms with E-state index in [1.54, 1.807) is 0 Å². The number of anilines is 1. The molecule has 16 heavy (non-hydrogen) atoms. The Labute approximate surface area is 103 Å². The minimum Gasteiger partial charge on any atom is -0.370 e. The van der Waals surface area contributed by atoms with Crippen LogP contribution in [0.25, 0.3) is 0 Å². The number of rotatable bonds is 8. The summed E-state index contributed by atoms with van der Waals surface area (Å²) in [7, 11) is 0. The van der Waals surface area contributed by atoms with E-state index < -0.39 is 0 Å². The maximum absolute atomic E-state index is 4.58. The van der Waals surface area contributed by atoms with Gasteiger partial charge in [-0.25, -0.2) is 4.98 Å². The Balaban J connectivity index is 2.35. The van der Waals surface area contributed by atoms with E-state index in [1.807, 2.05) is 17.8 Å². The fraction of sp³-hybridized carbons (Fsp3) is 0.615. The first-order chi connectivity index (χ1) is 7.86. The largest absolute Gasteiger partial charge is 0.370 e. The number of unbranched alkanes of at least 4 members (excludes halogenated alkanes) is 1. The van der Waals surface area contributed by atoms with Crippen LogP contribution in [-0.2, 0) is 5.75 Å². The molecule has 0 aliphatic heterocycles. The van der Waals surface area contributed by atoms with Crippen LogP contribution in [0.1, 0.15) is 38.8 Å². The zero-order chi connectivity index (χ0) is 11.6. The Bertz CT molecular complexity index is 289. The van der Waals surface area contributed by atoms with Crippen molar-refractivity contribution in [2.24, 2.45) is 0 Å². The van der Waals surface area contributed by atoms with Gasteiger partial charge in [0.1, 0.15) is 5.82 Å². The summed E-state index contributed by atoms with van der Waals surface area (Å²) in [6, 6.07) is 6.23. The van der Waals surface area contributed by atoms with E-state index in [0.29, 0.717) is 0 Å². The second kappa shape index (κ2) is 8.45. The van der Waals surface area contributed by atoms with Gasteiger partial charge in [-0.3, -0.25) is 0 Å². The van der Waals surface area contributed by atoms with Gasteiger partial charge in [-0.1, -0.05) is 26.3 Å². The van der Waals surface area contributed by atoms with E-state index in [4.69, 9.17) is 0 Å². The van der Waals surface area contributed by atoms with Gasteiger partial charge in [0.05, 0.1) is 5.69 Å². The number of aromatic nitrogens is 1. The Morgan fingerprint density at radius 2 is 2.12 bits per heavy atom. The molecule has 0 aromatic carbocycles. The molecule has 0 saturated heterocycles. The van der Waals surface area contributed by atoms with Gasteiger partial charge in [-0.2, -0.15) is 11.8 Å². The van der Waals surface area contributed by atoms with Gasteiger partial charge in [0, 0.05) is 12.3 Å². The summed E-state index contributed by atoms with van der Waals surface area (Å²) >= 11 is 1.97. The number of nitrogens with zero attached hydrogens (tertiary/aromatic N) is 1. The fourth-order valence-corrected chi connectivity index (χ4v) is 2.34. The van der Waals surface area contributed by atoms with Gasteiger partial charge in [0.15, 0.2) is 0 Å². The maximum atomic E-state index is 4.58. The highest BCUT2D eigenvalue weighted by atomic mass is 32.2. The number of nitrogens with one attached hydrogen (secondary N) is 1. The van der Waals surface area contributed by atoms with Crippen molar-refractivity contribution < 1.29 is 0 Å². The molecule has 2 nitrogen and oxygen atoms in total. The third kappa shape index (κ3) is 5.40. The first-order valence-corrected chi connectivity index (χ1v) is 7.29. The van der Waals surface area contributed by atoms with Crippen LogP contribution in [0.2, 0.25) is 0 Å². The maximum Gasteiger partial charge on any atom is 0.126 e. The predicted octanol–water partition coefficient (Wildman–Crippen LogP) is 3.94. The first kappa shape index (κ1) is 13.4. The lowest BCUT2D eigenvalue weighted by Gasteiger charge is -2.06. The summed E-state index contributed by atoms with van der Waals surface area (Å²) in [6.45, 7) is 5.39. The van der Waals surface area contributed by atoms with Crippen molar-refractivity contribution in [1.82, 2.24) is 4.98 Å². The van der Waals surface area contributed by atoms with Crippen molar-refractivity contribution in [2.45, 2.75) is 38.9 Å². The second-order valence-corrected chi connectivity index (χ2v) is 4.95. The first-order valence-electron chi connectivity index (χ1n) is 6.14. The minimum absolute atomic E-state index is 0.999. The van der Waals surface area contributed by atoms with Crippen molar-refractivity contribution in [3.05, 3.63) is 23.9 Å². The SMILES string of the molecule is CCCCSCc1cccc(NCCC)n1. The molecule has 90 valence electrons. The lowest BCUT2D eigenvalue weighted by atomic mass is 10.3. The van der Waals surface area contributed by atoms with Gasteiger partial charge in [0.25, 0.3) is 0 Å². The summed E-state index contributed by atoms with van der Waals surface area (Å²) in [5, 5.41) is 3.32. The standard InChI is InChI=1S/C13H22N2S/c1-3-5-10-16-11-12-7-6-8-13(15-12)14-9-4-2/h6-8H,3-5,9-11H2,1-2H3,(H,14,15). The number of hydrogen-bond acceptors (Lipinski definition) is 3. The van der Waals surface area contributed by atoms with E-state index >= 15 is 0 Å². The van der Waals surface area contributed by atoms with Crippen LogP contribution in [0, 0.1) is 0 Å². The van der Waals surface area contributed by atoms with Gasteiger partial charge in [-0.15, -0.1) is 0 Å². The molecule has 1 aromatic rings. The third-order valence-electron chi connectivity index (χ3n) is 2.26. The topological polar surface area (TPSA) is 24.9 Å². The molecule has 0 fully saturated rings.